The van der Waals surface area contributed by atoms with Crippen LogP contribution in [0, 0.1) is 92.7 Å². The molecule has 2 N–H and O–H groups in total. The van der Waals surface area contributed by atoms with Crippen molar-refractivity contribution in [2.24, 2.45) is 103 Å². The van der Waals surface area contributed by atoms with Crippen LogP contribution < -0.4 is 0 Å². The lowest BCUT2D eigenvalue weighted by atomic mass is 9.45. The van der Waals surface area contributed by atoms with Gasteiger partial charge in [-0.2, -0.15) is 10.2 Å². The molecule has 0 spiro atoms. The van der Waals surface area contributed by atoms with E-state index in [4.69, 9.17) is 10.2 Å². The number of hydrogen-bond donors (Lipinski definition) is 2. The minimum Gasteiger partial charge on any atom is -0.393 e. The van der Waals surface area contributed by atoms with Crippen molar-refractivity contribution in [1.82, 2.24) is 0 Å². The Balaban J connectivity index is 1.02. The number of nitrogens with zero attached hydrogens (tertiary/aromatic N) is 2. The van der Waals surface area contributed by atoms with Gasteiger partial charge in [0.15, 0.2) is 0 Å². The molecule has 0 bridgehead atoms. The van der Waals surface area contributed by atoms with Crippen molar-refractivity contribution in [3.63, 3.8) is 0 Å². The maximum Gasteiger partial charge on any atom is 0.0826 e. The molecule has 6 fully saturated rings. The summed E-state index contributed by atoms with van der Waals surface area (Å²) in [5.41, 5.74) is 3.83. The van der Waals surface area contributed by atoms with Gasteiger partial charge in [-0.05, 0) is 172 Å². The number of aliphatic hydroxyl groups excluding tert-OH is 2. The third-order valence-electron chi connectivity index (χ3n) is 21.1. The molecule has 0 radical (unpaired) electrons. The molecule has 0 aliphatic heterocycles. The molecule has 58 heavy (non-hydrogen) atoms. The number of azo groups is 1. The van der Waals surface area contributed by atoms with E-state index in [-0.39, 0.29) is 35.1 Å². The van der Waals surface area contributed by atoms with E-state index in [0.29, 0.717) is 22.7 Å². The van der Waals surface area contributed by atoms with Crippen molar-refractivity contribution >= 4 is 0 Å². The van der Waals surface area contributed by atoms with E-state index in [9.17, 15) is 10.2 Å². The van der Waals surface area contributed by atoms with Crippen LogP contribution in [-0.4, -0.2) is 34.5 Å². The van der Waals surface area contributed by atoms with E-state index < -0.39 is 0 Å². The predicted octanol–water partition coefficient (Wildman–Crippen LogP) is 14.2. The zero-order valence-corrected chi connectivity index (χ0v) is 39.3. The standard InChI is InChI=1S/C54H90N2O2/c1-33(2)13-11-15-35(5)43-21-23-45-41-19-17-37-29-39(57)31-49(53(37,9)47(41)25-27-51(43,45)7)55-56-50-32-40(58)30-38-18-20-42-46-24-22-44(36(6)16-12-14-34(3)4)52(46,8)28-26-48(42)54(38,50)10/h17-18,33-36,39-50,57-58H,11-16,19-32H2,1-10H3/t35-,36-,39+,40+,41+,42+,43-,44-,45+,46+,47+,48+,49?,50?,51-,52-,53+,54+/m1/s1. The highest BCUT2D eigenvalue weighted by Crippen LogP contribution is 2.70. The first-order chi connectivity index (χ1) is 27.5. The quantitative estimate of drug-likeness (QED) is 0.153. The highest BCUT2D eigenvalue weighted by atomic mass is 16.3. The molecule has 8 aliphatic rings. The first-order valence-corrected chi connectivity index (χ1v) is 25.7. The molecule has 18 atom stereocenters. The highest BCUT2D eigenvalue weighted by molar-refractivity contribution is 5.31. The highest BCUT2D eigenvalue weighted by Gasteiger charge is 2.63. The predicted molar refractivity (Wildman–Crippen MR) is 241 cm³/mol. The molecule has 2 unspecified atom stereocenters. The van der Waals surface area contributed by atoms with Crippen molar-refractivity contribution in [2.75, 3.05) is 0 Å². The maximum absolute atomic E-state index is 11.4. The average Bonchev–Trinajstić information content (AvgIpc) is 3.71. The van der Waals surface area contributed by atoms with E-state index >= 15 is 0 Å². The normalized spacial score (nSPS) is 48.4. The lowest BCUT2D eigenvalue weighted by molar-refractivity contribution is -0.0691. The maximum atomic E-state index is 11.4. The van der Waals surface area contributed by atoms with Crippen molar-refractivity contribution in [3.05, 3.63) is 23.3 Å². The monoisotopic (exact) mass is 799 g/mol. The van der Waals surface area contributed by atoms with Gasteiger partial charge in [0.05, 0.1) is 24.3 Å². The lowest BCUT2D eigenvalue weighted by Gasteiger charge is -2.60. The summed E-state index contributed by atoms with van der Waals surface area (Å²) in [6.45, 7) is 25.3. The van der Waals surface area contributed by atoms with Gasteiger partial charge in [-0.3, -0.25) is 0 Å². The summed E-state index contributed by atoms with van der Waals surface area (Å²) in [6, 6.07) is 0.0347. The van der Waals surface area contributed by atoms with Crippen molar-refractivity contribution in [2.45, 2.75) is 222 Å². The van der Waals surface area contributed by atoms with Gasteiger partial charge >= 0.3 is 0 Å². The van der Waals surface area contributed by atoms with Crippen molar-refractivity contribution in [3.8, 4) is 0 Å². The Kier molecular flexibility index (Phi) is 12.5. The Bertz CT molecular complexity index is 1430. The summed E-state index contributed by atoms with van der Waals surface area (Å²) in [6.07, 6.45) is 29.3. The summed E-state index contributed by atoms with van der Waals surface area (Å²) in [5.74, 6) is 9.28. The summed E-state index contributed by atoms with van der Waals surface area (Å²) in [4.78, 5) is 0. The van der Waals surface area contributed by atoms with Gasteiger partial charge in [0.1, 0.15) is 0 Å². The van der Waals surface area contributed by atoms with Gasteiger partial charge in [-0.15, -0.1) is 0 Å². The van der Waals surface area contributed by atoms with Crippen LogP contribution in [0.5, 0.6) is 0 Å². The van der Waals surface area contributed by atoms with Gasteiger partial charge < -0.3 is 10.2 Å². The third-order valence-corrected chi connectivity index (χ3v) is 21.1. The molecule has 0 aromatic rings. The van der Waals surface area contributed by atoms with Crippen LogP contribution in [0.1, 0.15) is 198 Å². The van der Waals surface area contributed by atoms with E-state index in [1.165, 1.54) is 114 Å². The van der Waals surface area contributed by atoms with Crippen LogP contribution in [0.3, 0.4) is 0 Å². The molecule has 6 saturated carbocycles. The van der Waals surface area contributed by atoms with Crippen molar-refractivity contribution < 1.29 is 10.2 Å². The van der Waals surface area contributed by atoms with Crippen LogP contribution in [0.15, 0.2) is 33.5 Å². The molecule has 4 nitrogen and oxygen atoms in total. The van der Waals surface area contributed by atoms with E-state index in [2.05, 4.69) is 81.4 Å². The van der Waals surface area contributed by atoms with Gasteiger partial charge in [0.25, 0.3) is 0 Å². The van der Waals surface area contributed by atoms with Crippen molar-refractivity contribution in [1.29, 1.82) is 0 Å². The fourth-order valence-electron chi connectivity index (χ4n) is 17.9. The first-order valence-electron chi connectivity index (χ1n) is 25.7. The average molecular weight is 799 g/mol. The molecule has 0 saturated heterocycles. The van der Waals surface area contributed by atoms with Crippen LogP contribution in [0.25, 0.3) is 0 Å². The first kappa shape index (κ1) is 43.6. The van der Waals surface area contributed by atoms with Gasteiger partial charge in [-0.25, -0.2) is 0 Å². The fourth-order valence-corrected chi connectivity index (χ4v) is 17.9. The Morgan fingerprint density at radius 2 is 0.948 bits per heavy atom. The molecule has 0 aromatic carbocycles. The van der Waals surface area contributed by atoms with E-state index in [0.717, 1.165) is 84.9 Å². The zero-order chi connectivity index (χ0) is 41.4. The summed E-state index contributed by atoms with van der Waals surface area (Å²) in [5, 5.41) is 34.0. The number of hydrogen-bond acceptors (Lipinski definition) is 4. The lowest BCUT2D eigenvalue weighted by Crippen LogP contribution is -2.56. The number of fused-ring (bicyclic) bond motifs is 10. The Morgan fingerprint density at radius 3 is 1.33 bits per heavy atom. The molecule has 4 heteroatoms. The van der Waals surface area contributed by atoms with Crippen LogP contribution in [0.4, 0.5) is 0 Å². The SMILES string of the molecule is CC(C)CCC[C@@H](C)[C@H]1CC[C@H]2[C@@H]3CC=C4C[C@H](O)CC(N=NC5C[C@@H](O)CC6=CC[C@H]7[C@@H]8CC[C@H]([C@H](C)CCCC(C)C)[C@@]8(C)CC[C@@H]7[C@]65C)[C@]4(C)[C@H]3CC[C@]12C. The number of aliphatic hydroxyl groups is 2. The second kappa shape index (κ2) is 16.6. The Hall–Kier alpha value is -1.00. The summed E-state index contributed by atoms with van der Waals surface area (Å²) in [7, 11) is 0. The van der Waals surface area contributed by atoms with Gasteiger partial charge in [-0.1, -0.05) is 131 Å². The van der Waals surface area contributed by atoms with Gasteiger partial charge in [0.2, 0.25) is 0 Å². The third kappa shape index (κ3) is 7.32. The Morgan fingerprint density at radius 1 is 0.552 bits per heavy atom. The topological polar surface area (TPSA) is 65.2 Å². The summed E-state index contributed by atoms with van der Waals surface area (Å²) >= 11 is 0. The molecule has 0 heterocycles. The fraction of sp³-hybridized carbons (Fsp3) is 0.926. The molecule has 8 aliphatic carbocycles. The van der Waals surface area contributed by atoms with E-state index in [1.807, 2.05) is 0 Å². The minimum atomic E-state index is -0.336. The molecular formula is C54H90N2O2. The Labute approximate surface area is 357 Å². The smallest absolute Gasteiger partial charge is 0.0826 e. The molecule has 0 aromatic heterocycles. The molecule has 8 rings (SSSR count). The molecule has 0 amide bonds. The second-order valence-corrected chi connectivity index (χ2v) is 24.8. The second-order valence-electron chi connectivity index (χ2n) is 24.8. The van der Waals surface area contributed by atoms with Crippen LogP contribution in [-0.2, 0) is 0 Å². The zero-order valence-electron chi connectivity index (χ0n) is 39.3. The van der Waals surface area contributed by atoms with E-state index in [1.54, 1.807) is 0 Å². The molecule has 328 valence electrons. The minimum absolute atomic E-state index is 0.0173. The van der Waals surface area contributed by atoms with Gasteiger partial charge in [0, 0.05) is 10.8 Å². The van der Waals surface area contributed by atoms with Crippen LogP contribution >= 0.6 is 0 Å². The van der Waals surface area contributed by atoms with Crippen LogP contribution in [0.2, 0.25) is 0 Å². The summed E-state index contributed by atoms with van der Waals surface area (Å²) < 4.78 is 0. The number of rotatable bonds is 12. The number of allylic oxidation sites excluding steroid dienone is 2. The molecular weight excluding hydrogens is 709 g/mol. The largest absolute Gasteiger partial charge is 0.393 e.